The van der Waals surface area contributed by atoms with E-state index in [2.05, 4.69) is 5.32 Å². The fourth-order valence-electron chi connectivity index (χ4n) is 1.11. The molecule has 0 bridgehead atoms. The lowest BCUT2D eigenvalue weighted by molar-refractivity contribution is 0.491. The molecule has 0 saturated heterocycles. The van der Waals surface area contributed by atoms with E-state index < -0.39 is 23.5 Å². The van der Waals surface area contributed by atoms with E-state index in [1.54, 1.807) is 14.0 Å². The summed E-state index contributed by atoms with van der Waals surface area (Å²) in [7, 11) is 1.58. The molecule has 0 aliphatic carbocycles. The minimum absolute atomic E-state index is 0.135. The lowest BCUT2D eigenvalue weighted by Crippen LogP contribution is -2.16. The molecule has 4 heteroatoms. The number of nitrogens with one attached hydrogen (secondary N) is 1. The van der Waals surface area contributed by atoms with Crippen molar-refractivity contribution in [2.24, 2.45) is 0 Å². The number of hydrogen-bond donors (Lipinski definition) is 1. The standard InChI is InChI=1S/C9H10F3N/c1-5(13-2)9-7(11)3-6(10)4-8(9)12/h3-5,13H,1-2H3/t5-/m0/s1. The summed E-state index contributed by atoms with van der Waals surface area (Å²) in [6, 6.07) is 0.874. The maximum Gasteiger partial charge on any atom is 0.133 e. The van der Waals surface area contributed by atoms with Gasteiger partial charge in [-0.2, -0.15) is 0 Å². The normalized spacial score (nSPS) is 13.0. The zero-order valence-electron chi connectivity index (χ0n) is 7.37. The molecule has 0 unspecified atom stereocenters. The molecule has 1 N–H and O–H groups in total. The van der Waals surface area contributed by atoms with Crippen molar-refractivity contribution >= 4 is 0 Å². The van der Waals surface area contributed by atoms with Crippen molar-refractivity contribution in [2.45, 2.75) is 13.0 Å². The summed E-state index contributed by atoms with van der Waals surface area (Å²) in [6.45, 7) is 1.60. The van der Waals surface area contributed by atoms with Crippen LogP contribution in [-0.2, 0) is 0 Å². The molecule has 1 atom stereocenters. The van der Waals surface area contributed by atoms with Gasteiger partial charge in [-0.1, -0.05) is 0 Å². The van der Waals surface area contributed by atoms with Crippen LogP contribution < -0.4 is 5.32 Å². The zero-order chi connectivity index (χ0) is 10.0. The number of benzene rings is 1. The quantitative estimate of drug-likeness (QED) is 0.753. The molecular formula is C9H10F3N. The summed E-state index contributed by atoms with van der Waals surface area (Å²) in [4.78, 5) is 0. The summed E-state index contributed by atoms with van der Waals surface area (Å²) in [6.07, 6.45) is 0. The number of hydrogen-bond acceptors (Lipinski definition) is 1. The Morgan fingerprint density at radius 1 is 1.15 bits per heavy atom. The first-order valence-electron chi connectivity index (χ1n) is 3.88. The largest absolute Gasteiger partial charge is 0.313 e. The highest BCUT2D eigenvalue weighted by atomic mass is 19.1. The summed E-state index contributed by atoms with van der Waals surface area (Å²) in [5.74, 6) is -2.62. The van der Waals surface area contributed by atoms with E-state index in [4.69, 9.17) is 0 Å². The van der Waals surface area contributed by atoms with Crippen molar-refractivity contribution < 1.29 is 13.2 Å². The number of halogens is 3. The Kier molecular flexibility index (Phi) is 2.93. The van der Waals surface area contributed by atoms with Crippen molar-refractivity contribution in [3.05, 3.63) is 35.1 Å². The van der Waals surface area contributed by atoms with Crippen molar-refractivity contribution in [3.63, 3.8) is 0 Å². The average molecular weight is 189 g/mol. The van der Waals surface area contributed by atoms with Crippen LogP contribution in [0.25, 0.3) is 0 Å². The molecule has 0 aromatic heterocycles. The summed E-state index contributed by atoms with van der Waals surface area (Å²) < 4.78 is 38.5. The van der Waals surface area contributed by atoms with Crippen LogP contribution in [0.5, 0.6) is 0 Å². The zero-order valence-corrected chi connectivity index (χ0v) is 7.37. The minimum atomic E-state index is -0.901. The molecule has 0 spiro atoms. The lowest BCUT2D eigenvalue weighted by atomic mass is 10.1. The first-order valence-corrected chi connectivity index (χ1v) is 3.88. The van der Waals surface area contributed by atoms with Gasteiger partial charge < -0.3 is 5.32 Å². The van der Waals surface area contributed by atoms with Crippen LogP contribution in [0.3, 0.4) is 0 Å². The average Bonchev–Trinajstić information content (AvgIpc) is 2.02. The Morgan fingerprint density at radius 2 is 1.62 bits per heavy atom. The van der Waals surface area contributed by atoms with Gasteiger partial charge in [0.05, 0.1) is 0 Å². The Hall–Kier alpha value is -1.03. The maximum atomic E-state index is 13.0. The van der Waals surface area contributed by atoms with E-state index >= 15 is 0 Å². The van der Waals surface area contributed by atoms with Crippen molar-refractivity contribution in [1.82, 2.24) is 5.32 Å². The van der Waals surface area contributed by atoms with Crippen LogP contribution in [0.2, 0.25) is 0 Å². The van der Waals surface area contributed by atoms with Crippen LogP contribution >= 0.6 is 0 Å². The Bertz CT molecular complexity index is 289. The van der Waals surface area contributed by atoms with Crippen LogP contribution in [0, 0.1) is 17.5 Å². The Morgan fingerprint density at radius 3 is 2.00 bits per heavy atom. The van der Waals surface area contributed by atoms with Crippen molar-refractivity contribution in [2.75, 3.05) is 7.05 Å². The maximum absolute atomic E-state index is 13.0. The molecule has 0 aliphatic heterocycles. The van der Waals surface area contributed by atoms with E-state index in [1.165, 1.54) is 0 Å². The second-order valence-electron chi connectivity index (χ2n) is 2.79. The van der Waals surface area contributed by atoms with Gasteiger partial charge in [0.2, 0.25) is 0 Å². The smallest absolute Gasteiger partial charge is 0.133 e. The topological polar surface area (TPSA) is 12.0 Å². The van der Waals surface area contributed by atoms with Crippen LogP contribution in [0.15, 0.2) is 12.1 Å². The molecule has 0 saturated carbocycles. The molecular weight excluding hydrogens is 179 g/mol. The van der Waals surface area contributed by atoms with Gasteiger partial charge in [0.15, 0.2) is 0 Å². The van der Waals surface area contributed by atoms with Gasteiger partial charge in [-0.15, -0.1) is 0 Å². The van der Waals surface area contributed by atoms with E-state index in [0.29, 0.717) is 12.1 Å². The fraction of sp³-hybridized carbons (Fsp3) is 0.333. The van der Waals surface area contributed by atoms with Crippen LogP contribution in [-0.4, -0.2) is 7.05 Å². The molecule has 0 fully saturated rings. The molecule has 1 rings (SSSR count). The first-order chi connectivity index (χ1) is 6.06. The third kappa shape index (κ3) is 2.01. The van der Waals surface area contributed by atoms with Crippen LogP contribution in [0.1, 0.15) is 18.5 Å². The summed E-state index contributed by atoms with van der Waals surface area (Å²) in [5.41, 5.74) is -0.135. The van der Waals surface area contributed by atoms with Gasteiger partial charge in [-0.3, -0.25) is 0 Å². The number of rotatable bonds is 2. The van der Waals surface area contributed by atoms with E-state index in [9.17, 15) is 13.2 Å². The van der Waals surface area contributed by atoms with Gasteiger partial charge in [0, 0.05) is 23.7 Å². The van der Waals surface area contributed by atoms with Gasteiger partial charge in [-0.25, -0.2) is 13.2 Å². The van der Waals surface area contributed by atoms with E-state index in [-0.39, 0.29) is 5.56 Å². The second kappa shape index (κ2) is 3.79. The molecule has 1 nitrogen and oxygen atoms in total. The molecule has 0 amide bonds. The minimum Gasteiger partial charge on any atom is -0.313 e. The highest BCUT2D eigenvalue weighted by Crippen LogP contribution is 2.21. The van der Waals surface area contributed by atoms with Gasteiger partial charge in [0.25, 0.3) is 0 Å². The fourth-order valence-corrected chi connectivity index (χ4v) is 1.11. The molecule has 0 aliphatic rings. The molecule has 0 radical (unpaired) electrons. The lowest BCUT2D eigenvalue weighted by Gasteiger charge is -2.12. The van der Waals surface area contributed by atoms with E-state index in [1.807, 2.05) is 0 Å². The monoisotopic (exact) mass is 189 g/mol. The highest BCUT2D eigenvalue weighted by molar-refractivity contribution is 5.23. The summed E-state index contributed by atoms with van der Waals surface area (Å²) in [5, 5.41) is 2.68. The Labute approximate surface area is 74.6 Å². The van der Waals surface area contributed by atoms with Crippen molar-refractivity contribution in [1.29, 1.82) is 0 Å². The van der Waals surface area contributed by atoms with Gasteiger partial charge in [-0.05, 0) is 14.0 Å². The third-order valence-corrected chi connectivity index (χ3v) is 1.91. The predicted molar refractivity (Wildman–Crippen MR) is 43.8 cm³/mol. The molecule has 13 heavy (non-hydrogen) atoms. The highest BCUT2D eigenvalue weighted by Gasteiger charge is 2.15. The second-order valence-corrected chi connectivity index (χ2v) is 2.79. The Balaban J connectivity index is 3.20. The summed E-state index contributed by atoms with van der Waals surface area (Å²) >= 11 is 0. The first kappa shape index (κ1) is 10.1. The molecule has 1 aromatic rings. The van der Waals surface area contributed by atoms with Gasteiger partial charge in [0.1, 0.15) is 17.5 Å². The molecule has 0 heterocycles. The molecule has 1 aromatic carbocycles. The van der Waals surface area contributed by atoms with Gasteiger partial charge >= 0.3 is 0 Å². The molecule has 72 valence electrons. The predicted octanol–water partition coefficient (Wildman–Crippen LogP) is 2.38. The SMILES string of the molecule is CN[C@@H](C)c1c(F)cc(F)cc1F. The third-order valence-electron chi connectivity index (χ3n) is 1.91. The van der Waals surface area contributed by atoms with Crippen LogP contribution in [0.4, 0.5) is 13.2 Å². The van der Waals surface area contributed by atoms with Crippen molar-refractivity contribution in [3.8, 4) is 0 Å². The van der Waals surface area contributed by atoms with E-state index in [0.717, 1.165) is 0 Å².